The van der Waals surface area contributed by atoms with Crippen molar-refractivity contribution in [2.45, 2.75) is 6.10 Å². The second-order valence-corrected chi connectivity index (χ2v) is 3.18. The van der Waals surface area contributed by atoms with Crippen molar-refractivity contribution < 1.29 is 14.6 Å². The lowest BCUT2D eigenvalue weighted by atomic mass is 10.1. The molecule has 0 spiro atoms. The van der Waals surface area contributed by atoms with E-state index >= 15 is 0 Å². The number of methoxy groups -OCH3 is 2. The number of rotatable bonds is 5. The van der Waals surface area contributed by atoms with E-state index in [-0.39, 0.29) is 0 Å². The molecule has 0 aliphatic carbocycles. The Morgan fingerprint density at radius 1 is 1.33 bits per heavy atom. The topological polar surface area (TPSA) is 50.7 Å². The molecule has 84 valence electrons. The van der Waals surface area contributed by atoms with Crippen molar-refractivity contribution >= 4 is 0 Å². The van der Waals surface area contributed by atoms with E-state index in [4.69, 9.17) is 9.47 Å². The minimum Gasteiger partial charge on any atom is -0.497 e. The number of aliphatic hydroxyl groups is 1. The number of hydrogen-bond acceptors (Lipinski definition) is 4. The standard InChI is InChI=1S/C11H17NO3/c1-12-7-10(13)9-6-8(14-2)4-5-11(9)15-3/h4-6,10,12-13H,7H2,1-3H3/t10-/m1/s1. The molecular formula is C11H17NO3. The van der Waals surface area contributed by atoms with Gasteiger partial charge in [0.15, 0.2) is 0 Å². The van der Waals surface area contributed by atoms with Crippen LogP contribution in [-0.2, 0) is 0 Å². The van der Waals surface area contributed by atoms with Crippen molar-refractivity contribution in [3.05, 3.63) is 23.8 Å². The molecule has 0 radical (unpaired) electrons. The average Bonchev–Trinajstić information content (AvgIpc) is 2.28. The predicted octanol–water partition coefficient (Wildman–Crippen LogP) is 0.957. The summed E-state index contributed by atoms with van der Waals surface area (Å²) < 4.78 is 10.3. The number of ether oxygens (including phenoxy) is 2. The van der Waals surface area contributed by atoms with Gasteiger partial charge in [0, 0.05) is 12.1 Å². The van der Waals surface area contributed by atoms with Crippen LogP contribution in [0.2, 0.25) is 0 Å². The van der Waals surface area contributed by atoms with Crippen molar-refractivity contribution in [1.29, 1.82) is 0 Å². The van der Waals surface area contributed by atoms with Crippen LogP contribution in [0.15, 0.2) is 18.2 Å². The summed E-state index contributed by atoms with van der Waals surface area (Å²) in [4.78, 5) is 0. The third kappa shape index (κ3) is 2.84. The summed E-state index contributed by atoms with van der Waals surface area (Å²) in [6, 6.07) is 5.36. The zero-order valence-electron chi connectivity index (χ0n) is 9.28. The van der Waals surface area contributed by atoms with E-state index in [0.717, 1.165) is 5.56 Å². The van der Waals surface area contributed by atoms with E-state index < -0.39 is 6.10 Å². The zero-order valence-corrected chi connectivity index (χ0v) is 9.28. The van der Waals surface area contributed by atoms with Crippen molar-refractivity contribution in [1.82, 2.24) is 5.32 Å². The Kier molecular flexibility index (Phi) is 4.39. The molecule has 2 N–H and O–H groups in total. The molecule has 1 aromatic rings. The maximum atomic E-state index is 9.85. The summed E-state index contributed by atoms with van der Waals surface area (Å²) in [5.74, 6) is 1.37. The summed E-state index contributed by atoms with van der Waals surface area (Å²) >= 11 is 0. The molecule has 0 fully saturated rings. The molecular weight excluding hydrogens is 194 g/mol. The lowest BCUT2D eigenvalue weighted by Gasteiger charge is -2.15. The Morgan fingerprint density at radius 2 is 2.07 bits per heavy atom. The number of nitrogens with one attached hydrogen (secondary N) is 1. The van der Waals surface area contributed by atoms with E-state index in [0.29, 0.717) is 18.0 Å². The molecule has 0 aliphatic heterocycles. The minimum atomic E-state index is -0.597. The monoisotopic (exact) mass is 211 g/mol. The summed E-state index contributed by atoms with van der Waals surface area (Å²) in [6.45, 7) is 0.476. The quantitative estimate of drug-likeness (QED) is 0.761. The van der Waals surface area contributed by atoms with Crippen LogP contribution in [0, 0.1) is 0 Å². The Balaban J connectivity index is 3.00. The second-order valence-electron chi connectivity index (χ2n) is 3.18. The van der Waals surface area contributed by atoms with E-state index in [1.165, 1.54) is 0 Å². The van der Waals surface area contributed by atoms with Crippen LogP contribution in [0.4, 0.5) is 0 Å². The first-order valence-electron chi connectivity index (χ1n) is 4.77. The van der Waals surface area contributed by atoms with E-state index in [9.17, 15) is 5.11 Å². The Morgan fingerprint density at radius 3 is 2.60 bits per heavy atom. The first kappa shape index (κ1) is 11.8. The van der Waals surface area contributed by atoms with Gasteiger partial charge in [0.05, 0.1) is 20.3 Å². The van der Waals surface area contributed by atoms with Crippen LogP contribution in [0.1, 0.15) is 11.7 Å². The fraction of sp³-hybridized carbons (Fsp3) is 0.455. The maximum Gasteiger partial charge on any atom is 0.124 e. The number of likely N-dealkylation sites (N-methyl/N-ethyl adjacent to an activating group) is 1. The zero-order chi connectivity index (χ0) is 11.3. The molecule has 1 rings (SSSR count). The maximum absolute atomic E-state index is 9.85. The van der Waals surface area contributed by atoms with Gasteiger partial charge in [-0.3, -0.25) is 0 Å². The molecule has 0 amide bonds. The van der Waals surface area contributed by atoms with E-state index in [1.54, 1.807) is 39.5 Å². The first-order valence-corrected chi connectivity index (χ1v) is 4.77. The molecule has 0 unspecified atom stereocenters. The minimum absolute atomic E-state index is 0.476. The second kappa shape index (κ2) is 5.58. The van der Waals surface area contributed by atoms with Crippen molar-refractivity contribution in [3.8, 4) is 11.5 Å². The molecule has 0 saturated heterocycles. The molecule has 1 atom stereocenters. The van der Waals surface area contributed by atoms with Gasteiger partial charge in [-0.05, 0) is 25.2 Å². The molecule has 4 nitrogen and oxygen atoms in total. The van der Waals surface area contributed by atoms with Gasteiger partial charge in [0.2, 0.25) is 0 Å². The summed E-state index contributed by atoms with van der Waals surface area (Å²) in [7, 11) is 4.96. The smallest absolute Gasteiger partial charge is 0.124 e. The largest absolute Gasteiger partial charge is 0.497 e. The SMILES string of the molecule is CNC[C@@H](O)c1cc(OC)ccc1OC. The third-order valence-corrected chi connectivity index (χ3v) is 2.19. The lowest BCUT2D eigenvalue weighted by Crippen LogP contribution is -2.17. The van der Waals surface area contributed by atoms with Crippen molar-refractivity contribution in [2.75, 3.05) is 27.8 Å². The van der Waals surface area contributed by atoms with Gasteiger partial charge in [-0.2, -0.15) is 0 Å². The summed E-state index contributed by atoms with van der Waals surface area (Å²) in [5.41, 5.74) is 0.728. The molecule has 0 aliphatic rings. The van der Waals surface area contributed by atoms with Crippen LogP contribution in [0.5, 0.6) is 11.5 Å². The predicted molar refractivity (Wildman–Crippen MR) is 58.4 cm³/mol. The molecule has 0 bridgehead atoms. The highest BCUT2D eigenvalue weighted by atomic mass is 16.5. The molecule has 4 heteroatoms. The highest BCUT2D eigenvalue weighted by Gasteiger charge is 2.13. The molecule has 15 heavy (non-hydrogen) atoms. The van der Waals surface area contributed by atoms with Crippen molar-refractivity contribution in [2.24, 2.45) is 0 Å². The highest BCUT2D eigenvalue weighted by molar-refractivity contribution is 5.41. The van der Waals surface area contributed by atoms with Gasteiger partial charge in [-0.15, -0.1) is 0 Å². The number of benzene rings is 1. The summed E-state index contributed by atoms with van der Waals surface area (Å²) in [5, 5.41) is 12.8. The van der Waals surface area contributed by atoms with E-state index in [1.807, 2.05) is 0 Å². The Hall–Kier alpha value is -1.26. The first-order chi connectivity index (χ1) is 7.22. The average molecular weight is 211 g/mol. The van der Waals surface area contributed by atoms with Crippen LogP contribution < -0.4 is 14.8 Å². The summed E-state index contributed by atoms with van der Waals surface area (Å²) in [6.07, 6.45) is -0.597. The highest BCUT2D eigenvalue weighted by Crippen LogP contribution is 2.28. The Bertz CT molecular complexity index is 315. The van der Waals surface area contributed by atoms with Gasteiger partial charge >= 0.3 is 0 Å². The molecule has 0 heterocycles. The number of aliphatic hydroxyl groups excluding tert-OH is 1. The fourth-order valence-corrected chi connectivity index (χ4v) is 1.40. The number of hydrogen-bond donors (Lipinski definition) is 2. The normalized spacial score (nSPS) is 12.3. The van der Waals surface area contributed by atoms with Gasteiger partial charge in [-0.25, -0.2) is 0 Å². The molecule has 1 aromatic carbocycles. The third-order valence-electron chi connectivity index (χ3n) is 2.19. The van der Waals surface area contributed by atoms with Crippen LogP contribution in [-0.4, -0.2) is 32.9 Å². The fourth-order valence-electron chi connectivity index (χ4n) is 1.40. The van der Waals surface area contributed by atoms with Gasteiger partial charge in [0.1, 0.15) is 11.5 Å². The van der Waals surface area contributed by atoms with Gasteiger partial charge in [-0.1, -0.05) is 0 Å². The van der Waals surface area contributed by atoms with Crippen LogP contribution in [0.3, 0.4) is 0 Å². The van der Waals surface area contributed by atoms with Gasteiger partial charge < -0.3 is 19.9 Å². The van der Waals surface area contributed by atoms with Crippen LogP contribution in [0.25, 0.3) is 0 Å². The Labute approximate surface area is 89.8 Å². The van der Waals surface area contributed by atoms with Crippen LogP contribution >= 0.6 is 0 Å². The molecule has 0 saturated carbocycles. The molecule has 0 aromatic heterocycles. The van der Waals surface area contributed by atoms with Crippen molar-refractivity contribution in [3.63, 3.8) is 0 Å². The van der Waals surface area contributed by atoms with Gasteiger partial charge in [0.25, 0.3) is 0 Å². The van der Waals surface area contributed by atoms with E-state index in [2.05, 4.69) is 5.32 Å². The lowest BCUT2D eigenvalue weighted by molar-refractivity contribution is 0.173.